The number of carbonyl (C=O) groups excluding carboxylic acids is 2. The maximum atomic E-state index is 12.0. The first-order valence-electron chi connectivity index (χ1n) is 7.82. The predicted octanol–water partition coefficient (Wildman–Crippen LogP) is 1.61. The van der Waals surface area contributed by atoms with Gasteiger partial charge in [-0.05, 0) is 37.5 Å². The van der Waals surface area contributed by atoms with Crippen molar-refractivity contribution in [2.75, 3.05) is 26.7 Å². The number of hydrogen-bond donors (Lipinski definition) is 1. The number of ether oxygens (including phenoxy) is 1. The van der Waals surface area contributed by atoms with E-state index in [4.69, 9.17) is 4.74 Å². The molecular formula is C17H24N2O3. The number of rotatable bonds is 7. The normalized spacial score (nSPS) is 17.6. The largest absolute Gasteiger partial charge is 0.497 e. The first-order chi connectivity index (χ1) is 10.6. The Labute approximate surface area is 131 Å². The highest BCUT2D eigenvalue weighted by Crippen LogP contribution is 2.17. The van der Waals surface area contributed by atoms with E-state index in [-0.39, 0.29) is 17.7 Å². The zero-order valence-corrected chi connectivity index (χ0v) is 13.3. The lowest BCUT2D eigenvalue weighted by Crippen LogP contribution is -2.33. The Hall–Kier alpha value is -2.04. The minimum atomic E-state index is -0.187. The predicted molar refractivity (Wildman–Crippen MR) is 84.7 cm³/mol. The Bertz CT molecular complexity index is 513. The molecule has 0 aromatic heterocycles. The highest BCUT2D eigenvalue weighted by molar-refractivity contribution is 5.89. The number of aryl methyl sites for hydroxylation is 1. The van der Waals surface area contributed by atoms with Gasteiger partial charge in [-0.25, -0.2) is 0 Å². The van der Waals surface area contributed by atoms with E-state index < -0.39 is 0 Å². The molecule has 1 aromatic carbocycles. The molecule has 1 aliphatic rings. The van der Waals surface area contributed by atoms with Crippen molar-refractivity contribution in [3.05, 3.63) is 29.8 Å². The van der Waals surface area contributed by atoms with Crippen LogP contribution in [0.2, 0.25) is 0 Å². The van der Waals surface area contributed by atoms with Crippen molar-refractivity contribution >= 4 is 11.8 Å². The van der Waals surface area contributed by atoms with Gasteiger partial charge in [-0.2, -0.15) is 0 Å². The van der Waals surface area contributed by atoms with Crippen LogP contribution in [0.1, 0.15) is 25.3 Å². The fourth-order valence-electron chi connectivity index (χ4n) is 2.69. The summed E-state index contributed by atoms with van der Waals surface area (Å²) in [5, 5.41) is 2.94. The van der Waals surface area contributed by atoms with E-state index >= 15 is 0 Å². The molecule has 120 valence electrons. The molecule has 1 aliphatic heterocycles. The summed E-state index contributed by atoms with van der Waals surface area (Å²) in [5.41, 5.74) is 1.23. The topological polar surface area (TPSA) is 58.6 Å². The third kappa shape index (κ3) is 4.23. The van der Waals surface area contributed by atoms with Gasteiger partial charge in [0.1, 0.15) is 5.75 Å². The second-order valence-corrected chi connectivity index (χ2v) is 5.58. The molecule has 2 rings (SSSR count). The van der Waals surface area contributed by atoms with Gasteiger partial charge in [-0.3, -0.25) is 9.59 Å². The average molecular weight is 304 g/mol. The standard InChI is InChI=1S/C17H24N2O3/c1-3-19-12-14(11-16(19)20)17(21)18-10-4-5-13-6-8-15(22-2)9-7-13/h6-9,14H,3-5,10-12H2,1-2H3,(H,18,21). The molecule has 0 saturated carbocycles. The van der Waals surface area contributed by atoms with Crippen molar-refractivity contribution < 1.29 is 14.3 Å². The first kappa shape index (κ1) is 16.3. The fourth-order valence-corrected chi connectivity index (χ4v) is 2.69. The molecule has 5 heteroatoms. The lowest BCUT2D eigenvalue weighted by molar-refractivity contribution is -0.128. The summed E-state index contributed by atoms with van der Waals surface area (Å²) in [6.45, 7) is 3.81. The molecule has 5 nitrogen and oxygen atoms in total. The SMILES string of the molecule is CCN1CC(C(=O)NCCCc2ccc(OC)cc2)CC1=O. The van der Waals surface area contributed by atoms with E-state index in [0.717, 1.165) is 18.6 Å². The summed E-state index contributed by atoms with van der Waals surface area (Å²) in [5.74, 6) is 0.747. The van der Waals surface area contributed by atoms with E-state index in [1.54, 1.807) is 12.0 Å². The minimum Gasteiger partial charge on any atom is -0.497 e. The summed E-state index contributed by atoms with van der Waals surface area (Å²) in [6.07, 6.45) is 2.14. The lowest BCUT2D eigenvalue weighted by Gasteiger charge is -2.13. The van der Waals surface area contributed by atoms with Crippen LogP contribution in [-0.4, -0.2) is 43.5 Å². The smallest absolute Gasteiger partial charge is 0.225 e. The van der Waals surface area contributed by atoms with Crippen molar-refractivity contribution in [1.29, 1.82) is 0 Å². The number of carbonyl (C=O) groups is 2. The van der Waals surface area contributed by atoms with Crippen molar-refractivity contribution in [3.8, 4) is 5.75 Å². The quantitative estimate of drug-likeness (QED) is 0.779. The summed E-state index contributed by atoms with van der Waals surface area (Å²) in [7, 11) is 1.65. The Morgan fingerprint density at radius 1 is 1.36 bits per heavy atom. The zero-order valence-electron chi connectivity index (χ0n) is 13.3. The average Bonchev–Trinajstić information content (AvgIpc) is 2.93. The molecule has 1 atom stereocenters. The van der Waals surface area contributed by atoms with Crippen LogP contribution in [0.5, 0.6) is 5.75 Å². The first-order valence-corrected chi connectivity index (χ1v) is 7.82. The highest BCUT2D eigenvalue weighted by atomic mass is 16.5. The van der Waals surface area contributed by atoms with Gasteiger partial charge in [-0.1, -0.05) is 12.1 Å². The molecule has 0 bridgehead atoms. The monoisotopic (exact) mass is 304 g/mol. The second kappa shape index (κ2) is 7.82. The number of methoxy groups -OCH3 is 1. The van der Waals surface area contributed by atoms with Crippen molar-refractivity contribution in [1.82, 2.24) is 10.2 Å². The summed E-state index contributed by atoms with van der Waals surface area (Å²) in [4.78, 5) is 25.4. The molecule has 1 saturated heterocycles. The van der Waals surface area contributed by atoms with Crippen LogP contribution in [0, 0.1) is 5.92 Å². The number of likely N-dealkylation sites (tertiary alicyclic amines) is 1. The van der Waals surface area contributed by atoms with Crippen LogP contribution in [-0.2, 0) is 16.0 Å². The van der Waals surface area contributed by atoms with Crippen LogP contribution in [0.4, 0.5) is 0 Å². The van der Waals surface area contributed by atoms with E-state index in [9.17, 15) is 9.59 Å². The van der Waals surface area contributed by atoms with Crippen molar-refractivity contribution in [3.63, 3.8) is 0 Å². The van der Waals surface area contributed by atoms with E-state index in [1.165, 1.54) is 5.56 Å². The Morgan fingerprint density at radius 3 is 2.68 bits per heavy atom. The van der Waals surface area contributed by atoms with E-state index in [1.807, 2.05) is 31.2 Å². The van der Waals surface area contributed by atoms with Gasteiger partial charge in [-0.15, -0.1) is 0 Å². The van der Waals surface area contributed by atoms with E-state index in [0.29, 0.717) is 26.1 Å². The van der Waals surface area contributed by atoms with Crippen LogP contribution in [0.15, 0.2) is 24.3 Å². The van der Waals surface area contributed by atoms with Gasteiger partial charge >= 0.3 is 0 Å². The number of nitrogens with zero attached hydrogens (tertiary/aromatic N) is 1. The number of amides is 2. The Kier molecular flexibility index (Phi) is 5.81. The molecule has 1 aromatic rings. The summed E-state index contributed by atoms with van der Waals surface area (Å²) < 4.78 is 5.12. The van der Waals surface area contributed by atoms with Crippen LogP contribution >= 0.6 is 0 Å². The van der Waals surface area contributed by atoms with Crippen molar-refractivity contribution in [2.24, 2.45) is 5.92 Å². The Morgan fingerprint density at radius 2 is 2.09 bits per heavy atom. The molecule has 0 spiro atoms. The molecule has 1 unspecified atom stereocenters. The van der Waals surface area contributed by atoms with Gasteiger partial charge in [0.25, 0.3) is 0 Å². The number of nitrogens with one attached hydrogen (secondary N) is 1. The second-order valence-electron chi connectivity index (χ2n) is 5.58. The molecule has 2 amide bonds. The lowest BCUT2D eigenvalue weighted by atomic mass is 10.1. The Balaban J connectivity index is 1.68. The minimum absolute atomic E-state index is 0.000897. The van der Waals surface area contributed by atoms with Crippen LogP contribution in [0.25, 0.3) is 0 Å². The van der Waals surface area contributed by atoms with Gasteiger partial charge < -0.3 is 15.0 Å². The van der Waals surface area contributed by atoms with Gasteiger partial charge in [0.2, 0.25) is 11.8 Å². The van der Waals surface area contributed by atoms with Crippen LogP contribution in [0.3, 0.4) is 0 Å². The van der Waals surface area contributed by atoms with E-state index in [2.05, 4.69) is 5.32 Å². The van der Waals surface area contributed by atoms with Gasteiger partial charge in [0.05, 0.1) is 13.0 Å². The van der Waals surface area contributed by atoms with Crippen molar-refractivity contribution in [2.45, 2.75) is 26.2 Å². The molecular weight excluding hydrogens is 280 g/mol. The fraction of sp³-hybridized carbons (Fsp3) is 0.529. The van der Waals surface area contributed by atoms with Gasteiger partial charge in [0, 0.05) is 26.1 Å². The zero-order chi connectivity index (χ0) is 15.9. The highest BCUT2D eigenvalue weighted by Gasteiger charge is 2.32. The maximum absolute atomic E-state index is 12.0. The maximum Gasteiger partial charge on any atom is 0.225 e. The molecule has 1 N–H and O–H groups in total. The molecule has 22 heavy (non-hydrogen) atoms. The number of benzene rings is 1. The van der Waals surface area contributed by atoms with Gasteiger partial charge in [0.15, 0.2) is 0 Å². The molecule has 1 heterocycles. The summed E-state index contributed by atoms with van der Waals surface area (Å²) >= 11 is 0. The molecule has 1 fully saturated rings. The summed E-state index contributed by atoms with van der Waals surface area (Å²) in [6, 6.07) is 7.96. The van der Waals surface area contributed by atoms with Crippen LogP contribution < -0.4 is 10.1 Å². The third-order valence-corrected chi connectivity index (χ3v) is 4.07. The number of hydrogen-bond acceptors (Lipinski definition) is 3. The molecule has 0 aliphatic carbocycles. The molecule has 0 radical (unpaired) electrons. The third-order valence-electron chi connectivity index (χ3n) is 4.07.